The summed E-state index contributed by atoms with van der Waals surface area (Å²) in [5, 5.41) is 6.05. The Morgan fingerprint density at radius 1 is 1.29 bits per heavy atom. The van der Waals surface area contributed by atoms with Crippen LogP contribution in [0.4, 0.5) is 5.69 Å². The van der Waals surface area contributed by atoms with Crippen molar-refractivity contribution in [3.8, 4) is 0 Å². The number of amides is 1. The summed E-state index contributed by atoms with van der Waals surface area (Å²) in [5.41, 5.74) is 0.930. The van der Waals surface area contributed by atoms with E-state index in [-0.39, 0.29) is 11.9 Å². The van der Waals surface area contributed by atoms with Crippen LogP contribution in [0.5, 0.6) is 0 Å². The van der Waals surface area contributed by atoms with Gasteiger partial charge in [0.15, 0.2) is 0 Å². The largest absolute Gasteiger partial charge is 0.375 e. The highest BCUT2D eigenvalue weighted by Crippen LogP contribution is 2.20. The molecular formula is C13H19BrN2O. The smallest absolute Gasteiger partial charge is 0.239 e. The van der Waals surface area contributed by atoms with E-state index in [2.05, 4.69) is 40.4 Å². The highest BCUT2D eigenvalue weighted by atomic mass is 79.9. The molecule has 1 unspecified atom stereocenters. The number of para-hydroxylation sites is 1. The zero-order chi connectivity index (χ0) is 12.8. The van der Waals surface area contributed by atoms with E-state index in [1.54, 1.807) is 0 Å². The van der Waals surface area contributed by atoms with Crippen molar-refractivity contribution >= 4 is 27.5 Å². The molecule has 2 N–H and O–H groups in total. The molecule has 0 bridgehead atoms. The lowest BCUT2D eigenvalue weighted by Crippen LogP contribution is -2.39. The van der Waals surface area contributed by atoms with Gasteiger partial charge in [-0.05, 0) is 40.9 Å². The maximum atomic E-state index is 11.7. The summed E-state index contributed by atoms with van der Waals surface area (Å²) in [5.74, 6) is 0.462. The van der Waals surface area contributed by atoms with Gasteiger partial charge in [0.2, 0.25) is 5.91 Å². The molecule has 17 heavy (non-hydrogen) atoms. The second-order valence-corrected chi connectivity index (χ2v) is 5.29. The number of hydrogen-bond acceptors (Lipinski definition) is 2. The Morgan fingerprint density at radius 2 is 1.94 bits per heavy atom. The summed E-state index contributed by atoms with van der Waals surface area (Å²) in [4.78, 5) is 11.7. The fraction of sp³-hybridized carbons (Fsp3) is 0.462. The second kappa shape index (κ2) is 6.64. The molecule has 0 aliphatic rings. The molecule has 1 amide bonds. The van der Waals surface area contributed by atoms with Gasteiger partial charge >= 0.3 is 0 Å². The number of carbonyl (C=O) groups is 1. The van der Waals surface area contributed by atoms with Crippen LogP contribution in [0, 0.1) is 5.92 Å². The Morgan fingerprint density at radius 3 is 2.53 bits per heavy atom. The van der Waals surface area contributed by atoms with E-state index < -0.39 is 0 Å². The SMILES string of the molecule is CC(C)C(C)NC(=O)CNc1ccccc1Br. The quantitative estimate of drug-likeness (QED) is 0.877. The Labute approximate surface area is 111 Å². The van der Waals surface area contributed by atoms with E-state index in [1.165, 1.54) is 0 Å². The predicted octanol–water partition coefficient (Wildman–Crippen LogP) is 3.02. The number of anilines is 1. The number of hydrogen-bond donors (Lipinski definition) is 2. The predicted molar refractivity (Wildman–Crippen MR) is 75.1 cm³/mol. The lowest BCUT2D eigenvalue weighted by molar-refractivity contribution is -0.120. The zero-order valence-electron chi connectivity index (χ0n) is 10.5. The Bertz CT molecular complexity index is 379. The lowest BCUT2D eigenvalue weighted by atomic mass is 10.1. The van der Waals surface area contributed by atoms with Gasteiger partial charge in [0.25, 0.3) is 0 Å². The van der Waals surface area contributed by atoms with Crippen molar-refractivity contribution < 1.29 is 4.79 Å². The van der Waals surface area contributed by atoms with Gasteiger partial charge in [-0.3, -0.25) is 4.79 Å². The number of carbonyl (C=O) groups excluding carboxylic acids is 1. The first-order valence-electron chi connectivity index (χ1n) is 5.78. The number of halogens is 1. The maximum absolute atomic E-state index is 11.7. The van der Waals surface area contributed by atoms with E-state index in [1.807, 2.05) is 31.2 Å². The molecule has 0 saturated heterocycles. The first-order chi connectivity index (χ1) is 8.00. The third-order valence-corrected chi connectivity index (χ3v) is 3.39. The summed E-state index contributed by atoms with van der Waals surface area (Å²) in [6.45, 7) is 6.49. The van der Waals surface area contributed by atoms with Crippen molar-refractivity contribution in [2.75, 3.05) is 11.9 Å². The van der Waals surface area contributed by atoms with E-state index in [4.69, 9.17) is 0 Å². The molecule has 3 nitrogen and oxygen atoms in total. The van der Waals surface area contributed by atoms with Gasteiger partial charge in [0.05, 0.1) is 6.54 Å². The van der Waals surface area contributed by atoms with Crippen molar-refractivity contribution in [3.63, 3.8) is 0 Å². The molecule has 0 saturated carbocycles. The highest BCUT2D eigenvalue weighted by molar-refractivity contribution is 9.10. The van der Waals surface area contributed by atoms with Gasteiger partial charge in [0.1, 0.15) is 0 Å². The van der Waals surface area contributed by atoms with Crippen LogP contribution in [-0.4, -0.2) is 18.5 Å². The molecular weight excluding hydrogens is 280 g/mol. The average molecular weight is 299 g/mol. The topological polar surface area (TPSA) is 41.1 Å². The van der Waals surface area contributed by atoms with Gasteiger partial charge < -0.3 is 10.6 Å². The van der Waals surface area contributed by atoms with Crippen molar-refractivity contribution in [1.82, 2.24) is 5.32 Å². The van der Waals surface area contributed by atoms with Crippen LogP contribution in [0.2, 0.25) is 0 Å². The lowest BCUT2D eigenvalue weighted by Gasteiger charge is -2.18. The van der Waals surface area contributed by atoms with Crippen LogP contribution in [0.15, 0.2) is 28.7 Å². The Kier molecular flexibility index (Phi) is 5.48. The molecule has 1 aromatic rings. The van der Waals surface area contributed by atoms with Crippen molar-refractivity contribution in [2.24, 2.45) is 5.92 Å². The minimum absolute atomic E-state index is 0.0157. The highest BCUT2D eigenvalue weighted by Gasteiger charge is 2.10. The second-order valence-electron chi connectivity index (χ2n) is 4.43. The molecule has 0 aromatic heterocycles. The van der Waals surface area contributed by atoms with Gasteiger partial charge in [0, 0.05) is 16.2 Å². The molecule has 1 rings (SSSR count). The summed E-state index contributed by atoms with van der Waals surface area (Å²) >= 11 is 3.43. The molecule has 0 spiro atoms. The van der Waals surface area contributed by atoms with Crippen molar-refractivity contribution in [2.45, 2.75) is 26.8 Å². The monoisotopic (exact) mass is 298 g/mol. The molecule has 0 fully saturated rings. The summed E-state index contributed by atoms with van der Waals surface area (Å²) in [7, 11) is 0. The van der Waals surface area contributed by atoms with Crippen LogP contribution in [0.25, 0.3) is 0 Å². The molecule has 1 aromatic carbocycles. The van der Waals surface area contributed by atoms with E-state index >= 15 is 0 Å². The van der Waals surface area contributed by atoms with Crippen LogP contribution in [0.3, 0.4) is 0 Å². The van der Waals surface area contributed by atoms with Crippen LogP contribution < -0.4 is 10.6 Å². The number of nitrogens with one attached hydrogen (secondary N) is 2. The fourth-order valence-electron chi connectivity index (χ4n) is 1.25. The van der Waals surface area contributed by atoms with Gasteiger partial charge in [-0.15, -0.1) is 0 Å². The van der Waals surface area contributed by atoms with E-state index in [0.717, 1.165) is 10.2 Å². The first kappa shape index (κ1) is 14.0. The standard InChI is InChI=1S/C13H19BrN2O/c1-9(2)10(3)16-13(17)8-15-12-7-5-4-6-11(12)14/h4-7,9-10,15H,8H2,1-3H3,(H,16,17). The zero-order valence-corrected chi connectivity index (χ0v) is 12.0. The van der Waals surface area contributed by atoms with Crippen molar-refractivity contribution in [1.29, 1.82) is 0 Å². The minimum atomic E-state index is 0.0157. The molecule has 0 radical (unpaired) electrons. The molecule has 0 aliphatic carbocycles. The number of benzene rings is 1. The average Bonchev–Trinajstić information content (AvgIpc) is 2.27. The molecule has 0 heterocycles. The first-order valence-corrected chi connectivity index (χ1v) is 6.57. The van der Waals surface area contributed by atoms with Crippen LogP contribution >= 0.6 is 15.9 Å². The fourth-order valence-corrected chi connectivity index (χ4v) is 1.68. The minimum Gasteiger partial charge on any atom is -0.375 e. The van der Waals surface area contributed by atoms with E-state index in [0.29, 0.717) is 12.5 Å². The third-order valence-electron chi connectivity index (χ3n) is 2.70. The number of rotatable bonds is 5. The van der Waals surface area contributed by atoms with Gasteiger partial charge in [-0.1, -0.05) is 26.0 Å². The summed E-state index contributed by atoms with van der Waals surface area (Å²) in [6.07, 6.45) is 0. The van der Waals surface area contributed by atoms with Gasteiger partial charge in [-0.2, -0.15) is 0 Å². The van der Waals surface area contributed by atoms with Crippen LogP contribution in [-0.2, 0) is 4.79 Å². The Balaban J connectivity index is 2.41. The molecule has 4 heteroatoms. The summed E-state index contributed by atoms with van der Waals surface area (Å²) < 4.78 is 0.963. The molecule has 1 atom stereocenters. The third kappa shape index (κ3) is 4.77. The van der Waals surface area contributed by atoms with Crippen molar-refractivity contribution in [3.05, 3.63) is 28.7 Å². The maximum Gasteiger partial charge on any atom is 0.239 e. The Hall–Kier alpha value is -1.03. The summed E-state index contributed by atoms with van der Waals surface area (Å²) in [6, 6.07) is 7.95. The van der Waals surface area contributed by atoms with Crippen LogP contribution in [0.1, 0.15) is 20.8 Å². The van der Waals surface area contributed by atoms with Gasteiger partial charge in [-0.25, -0.2) is 0 Å². The molecule has 94 valence electrons. The molecule has 0 aliphatic heterocycles. The normalized spacial score (nSPS) is 12.3. The van der Waals surface area contributed by atoms with E-state index in [9.17, 15) is 4.79 Å².